The van der Waals surface area contributed by atoms with Gasteiger partial charge in [0.25, 0.3) is 0 Å². The molecule has 0 aliphatic heterocycles. The Balaban J connectivity index is 2.61. The summed E-state index contributed by atoms with van der Waals surface area (Å²) in [7, 11) is 6.21. The Hall–Kier alpha value is -0.505. The van der Waals surface area contributed by atoms with Crippen LogP contribution >= 0.6 is 11.3 Å². The van der Waals surface area contributed by atoms with Gasteiger partial charge in [-0.3, -0.25) is 4.99 Å². The fourth-order valence-corrected chi connectivity index (χ4v) is 3.90. The summed E-state index contributed by atoms with van der Waals surface area (Å²) in [6, 6.07) is 0.814. The quantitative estimate of drug-likeness (QED) is 0.716. The van der Waals surface area contributed by atoms with Gasteiger partial charge in [-0.1, -0.05) is 6.42 Å². The molecule has 1 aliphatic rings. The highest BCUT2D eigenvalue weighted by molar-refractivity contribution is 7.09. The summed E-state index contributed by atoms with van der Waals surface area (Å²) in [5.74, 6) is 0.227. The number of hydrogen-bond acceptors (Lipinski definition) is 2. The van der Waals surface area contributed by atoms with E-state index in [4.69, 9.17) is 12.8 Å². The molecule has 0 N–H and O–H groups in total. The predicted octanol–water partition coefficient (Wildman–Crippen LogP) is 2.99. The lowest BCUT2D eigenvalue weighted by molar-refractivity contribution is 0.524. The molecular weight excluding hydrogens is 227 g/mol. The molecule has 2 radical (unpaired) electrons. The van der Waals surface area contributed by atoms with Crippen molar-refractivity contribution in [2.45, 2.75) is 64.9 Å². The van der Waals surface area contributed by atoms with Crippen LogP contribution in [0.4, 0.5) is 0 Å². The zero-order chi connectivity index (χ0) is 12.6. The van der Waals surface area contributed by atoms with Crippen LogP contribution in [0.2, 0.25) is 0 Å². The summed E-state index contributed by atoms with van der Waals surface area (Å²) in [6.45, 7) is 8.71. The van der Waals surface area contributed by atoms with E-state index < -0.39 is 0 Å². The van der Waals surface area contributed by atoms with E-state index in [1.54, 1.807) is 11.3 Å². The van der Waals surface area contributed by atoms with Crippen molar-refractivity contribution in [3.63, 3.8) is 0 Å². The molecule has 1 atom stereocenters. The van der Waals surface area contributed by atoms with Crippen molar-refractivity contribution in [3.05, 3.63) is 15.4 Å². The Bertz CT molecular complexity index is 456. The van der Waals surface area contributed by atoms with Gasteiger partial charge < -0.3 is 4.57 Å². The summed E-state index contributed by atoms with van der Waals surface area (Å²) >= 11 is 1.80. The van der Waals surface area contributed by atoms with Crippen molar-refractivity contribution in [1.29, 1.82) is 0 Å². The van der Waals surface area contributed by atoms with E-state index in [0.29, 0.717) is 12.1 Å². The van der Waals surface area contributed by atoms with Crippen LogP contribution in [-0.2, 0) is 6.42 Å². The van der Waals surface area contributed by atoms with Gasteiger partial charge in [0.05, 0.1) is 7.85 Å². The highest BCUT2D eigenvalue weighted by Crippen LogP contribution is 2.32. The summed E-state index contributed by atoms with van der Waals surface area (Å²) in [5.41, 5.74) is 1.43. The molecule has 0 bridgehead atoms. The van der Waals surface area contributed by atoms with E-state index in [-0.39, 0.29) is 5.82 Å². The van der Waals surface area contributed by atoms with Crippen LogP contribution in [0.3, 0.4) is 0 Å². The second-order valence-electron chi connectivity index (χ2n) is 5.38. The molecule has 17 heavy (non-hydrogen) atoms. The topological polar surface area (TPSA) is 17.3 Å². The molecule has 2 nitrogen and oxygen atoms in total. The van der Waals surface area contributed by atoms with E-state index in [9.17, 15) is 0 Å². The SMILES string of the molecule is [B]C1CCCc2c1sc(=NC(C)C)n2C(C)C. The third kappa shape index (κ3) is 2.52. The number of hydrogen-bond donors (Lipinski definition) is 0. The zero-order valence-corrected chi connectivity index (χ0v) is 12.0. The number of nitrogens with zero attached hydrogens (tertiary/aromatic N) is 2. The monoisotopic (exact) mass is 248 g/mol. The standard InChI is InChI=1S/C13H21BN2S/c1-8(2)15-13-16(9(3)4)11-7-5-6-10(14)12(11)17-13/h8-10H,5-7H2,1-4H3. The lowest BCUT2D eigenvalue weighted by atomic mass is 9.77. The lowest BCUT2D eigenvalue weighted by Gasteiger charge is -2.21. The zero-order valence-electron chi connectivity index (χ0n) is 11.2. The normalized spacial score (nSPS) is 21.3. The molecule has 0 spiro atoms. The van der Waals surface area contributed by atoms with Crippen LogP contribution in [0.25, 0.3) is 0 Å². The van der Waals surface area contributed by atoms with Gasteiger partial charge in [0.2, 0.25) is 0 Å². The molecule has 1 unspecified atom stereocenters. The molecule has 1 heterocycles. The molecule has 1 aromatic rings. The first-order chi connectivity index (χ1) is 8.00. The third-order valence-electron chi connectivity index (χ3n) is 3.13. The van der Waals surface area contributed by atoms with Crippen molar-refractivity contribution in [1.82, 2.24) is 4.57 Å². The largest absolute Gasteiger partial charge is 0.318 e. The minimum Gasteiger partial charge on any atom is -0.318 e. The molecule has 0 amide bonds. The average molecular weight is 248 g/mol. The summed E-state index contributed by atoms with van der Waals surface area (Å²) in [5, 5.41) is 0. The first kappa shape index (κ1) is 12.9. The minimum atomic E-state index is 0.227. The number of rotatable bonds is 2. The Morgan fingerprint density at radius 2 is 2.06 bits per heavy atom. The Morgan fingerprint density at radius 1 is 1.35 bits per heavy atom. The van der Waals surface area contributed by atoms with Crippen LogP contribution in [0.1, 0.15) is 63.0 Å². The van der Waals surface area contributed by atoms with Gasteiger partial charge in [0.1, 0.15) is 0 Å². The van der Waals surface area contributed by atoms with Gasteiger partial charge in [-0.2, -0.15) is 0 Å². The molecular formula is C13H21BN2S. The second kappa shape index (κ2) is 5.01. The molecule has 0 saturated carbocycles. The Labute approximate surface area is 109 Å². The fraction of sp³-hybridized carbons (Fsp3) is 0.769. The number of fused-ring (bicyclic) bond motifs is 1. The lowest BCUT2D eigenvalue weighted by Crippen LogP contribution is -2.22. The van der Waals surface area contributed by atoms with Gasteiger partial charge >= 0.3 is 0 Å². The smallest absolute Gasteiger partial charge is 0.185 e. The molecule has 1 aliphatic carbocycles. The summed E-state index contributed by atoms with van der Waals surface area (Å²) in [4.78, 5) is 7.26. The van der Waals surface area contributed by atoms with Crippen molar-refractivity contribution in [2.24, 2.45) is 4.99 Å². The van der Waals surface area contributed by atoms with Crippen molar-refractivity contribution in [3.8, 4) is 0 Å². The maximum atomic E-state index is 6.21. The van der Waals surface area contributed by atoms with Crippen LogP contribution < -0.4 is 4.80 Å². The van der Waals surface area contributed by atoms with E-state index >= 15 is 0 Å². The van der Waals surface area contributed by atoms with E-state index in [1.807, 2.05) is 0 Å². The Morgan fingerprint density at radius 3 is 2.65 bits per heavy atom. The first-order valence-electron chi connectivity index (χ1n) is 6.54. The van der Waals surface area contributed by atoms with E-state index in [2.05, 4.69) is 32.3 Å². The highest BCUT2D eigenvalue weighted by Gasteiger charge is 2.23. The predicted molar refractivity (Wildman–Crippen MR) is 74.8 cm³/mol. The average Bonchev–Trinajstić information content (AvgIpc) is 2.56. The van der Waals surface area contributed by atoms with E-state index in [0.717, 1.165) is 17.6 Å². The molecule has 0 aromatic carbocycles. The molecule has 0 saturated heterocycles. The third-order valence-corrected chi connectivity index (χ3v) is 4.38. The molecule has 0 fully saturated rings. The van der Waals surface area contributed by atoms with Gasteiger partial charge in [0, 0.05) is 22.7 Å². The molecule has 4 heteroatoms. The summed E-state index contributed by atoms with van der Waals surface area (Å²) in [6.07, 6.45) is 3.48. The Kier molecular flexibility index (Phi) is 3.81. The van der Waals surface area contributed by atoms with Gasteiger partial charge in [-0.25, -0.2) is 0 Å². The molecule has 2 rings (SSSR count). The van der Waals surface area contributed by atoms with Gasteiger partial charge in [0.15, 0.2) is 4.80 Å². The van der Waals surface area contributed by atoms with E-state index in [1.165, 1.54) is 17.0 Å². The van der Waals surface area contributed by atoms with Crippen LogP contribution in [0.5, 0.6) is 0 Å². The van der Waals surface area contributed by atoms with Crippen molar-refractivity contribution >= 4 is 19.2 Å². The minimum absolute atomic E-state index is 0.227. The van der Waals surface area contributed by atoms with Crippen LogP contribution in [-0.4, -0.2) is 18.5 Å². The van der Waals surface area contributed by atoms with Gasteiger partial charge in [-0.05, 0) is 46.4 Å². The maximum absolute atomic E-state index is 6.21. The second-order valence-corrected chi connectivity index (χ2v) is 6.39. The fourth-order valence-electron chi connectivity index (χ4n) is 2.44. The maximum Gasteiger partial charge on any atom is 0.185 e. The highest BCUT2D eigenvalue weighted by atomic mass is 32.1. The molecule has 1 aromatic heterocycles. The van der Waals surface area contributed by atoms with Gasteiger partial charge in [-0.15, -0.1) is 11.3 Å². The molecule has 92 valence electrons. The number of thiazole rings is 1. The van der Waals surface area contributed by atoms with Crippen LogP contribution in [0.15, 0.2) is 4.99 Å². The van der Waals surface area contributed by atoms with Crippen molar-refractivity contribution < 1.29 is 0 Å². The van der Waals surface area contributed by atoms with Crippen LogP contribution in [0, 0.1) is 0 Å². The first-order valence-corrected chi connectivity index (χ1v) is 7.36. The van der Waals surface area contributed by atoms with Crippen molar-refractivity contribution in [2.75, 3.05) is 0 Å². The number of aromatic nitrogens is 1. The summed E-state index contributed by atoms with van der Waals surface area (Å²) < 4.78 is 2.39.